The van der Waals surface area contributed by atoms with Crippen molar-refractivity contribution >= 4 is 11.7 Å². The van der Waals surface area contributed by atoms with Gasteiger partial charge < -0.3 is 15.8 Å². The van der Waals surface area contributed by atoms with E-state index in [1.807, 2.05) is 32.9 Å². The van der Waals surface area contributed by atoms with Crippen LogP contribution in [0.4, 0.5) is 5.82 Å². The predicted molar refractivity (Wildman–Crippen MR) is 78.0 cm³/mol. The Morgan fingerprint density at radius 2 is 1.90 bits per heavy atom. The molecule has 7 heteroatoms. The van der Waals surface area contributed by atoms with Crippen LogP contribution in [-0.4, -0.2) is 57.9 Å². The van der Waals surface area contributed by atoms with Crippen molar-refractivity contribution in [1.29, 1.82) is 0 Å². The van der Waals surface area contributed by atoms with Crippen molar-refractivity contribution < 1.29 is 5.21 Å². The Kier molecular flexibility index (Phi) is 4.08. The van der Waals surface area contributed by atoms with Crippen LogP contribution in [0.2, 0.25) is 0 Å². The van der Waals surface area contributed by atoms with Crippen LogP contribution in [0.1, 0.15) is 19.5 Å². The van der Waals surface area contributed by atoms with Gasteiger partial charge in [-0.25, -0.2) is 0 Å². The number of aryl methyl sites for hydroxylation is 1. The molecule has 0 aliphatic carbocycles. The van der Waals surface area contributed by atoms with E-state index < -0.39 is 5.54 Å². The molecule has 0 bridgehead atoms. The van der Waals surface area contributed by atoms with Crippen LogP contribution in [0.15, 0.2) is 17.3 Å². The molecule has 7 nitrogen and oxygen atoms in total. The Labute approximate surface area is 119 Å². The highest BCUT2D eigenvalue weighted by Gasteiger charge is 2.34. The number of hydrogen-bond acceptors (Lipinski definition) is 6. The normalized spacial score (nSPS) is 18.4. The Bertz CT molecular complexity index is 476. The molecule has 0 atom stereocenters. The minimum Gasteiger partial charge on any atom is -0.409 e. The van der Waals surface area contributed by atoms with Crippen LogP contribution >= 0.6 is 0 Å². The summed E-state index contributed by atoms with van der Waals surface area (Å²) in [6.07, 6.45) is 0. The largest absolute Gasteiger partial charge is 0.409 e. The molecule has 3 N–H and O–H groups in total. The minimum atomic E-state index is -0.445. The summed E-state index contributed by atoms with van der Waals surface area (Å²) < 4.78 is 0. The van der Waals surface area contributed by atoms with E-state index >= 15 is 0 Å². The monoisotopic (exact) mass is 278 g/mol. The smallest absolute Gasteiger partial charge is 0.159 e. The van der Waals surface area contributed by atoms with E-state index in [0.717, 1.165) is 37.7 Å². The Morgan fingerprint density at radius 1 is 1.25 bits per heavy atom. The summed E-state index contributed by atoms with van der Waals surface area (Å²) in [5, 5.41) is 20.3. The zero-order chi connectivity index (χ0) is 14.8. The number of rotatable bonds is 3. The summed E-state index contributed by atoms with van der Waals surface area (Å²) in [5.41, 5.74) is 6.24. The van der Waals surface area contributed by atoms with Crippen molar-refractivity contribution in [1.82, 2.24) is 15.1 Å². The Balaban J connectivity index is 2.00. The summed E-state index contributed by atoms with van der Waals surface area (Å²) in [4.78, 5) is 4.41. The summed E-state index contributed by atoms with van der Waals surface area (Å²) in [6.45, 7) is 9.21. The predicted octanol–water partition coefficient (Wildman–Crippen LogP) is 0.432. The van der Waals surface area contributed by atoms with E-state index in [9.17, 15) is 0 Å². The van der Waals surface area contributed by atoms with E-state index in [0.29, 0.717) is 0 Å². The van der Waals surface area contributed by atoms with Crippen LogP contribution in [0.25, 0.3) is 0 Å². The first-order valence-corrected chi connectivity index (χ1v) is 6.73. The molecule has 0 spiro atoms. The van der Waals surface area contributed by atoms with E-state index in [1.165, 1.54) is 0 Å². The Hall–Kier alpha value is -1.89. The van der Waals surface area contributed by atoms with E-state index in [-0.39, 0.29) is 5.84 Å². The lowest BCUT2D eigenvalue weighted by Crippen LogP contribution is -2.60. The van der Waals surface area contributed by atoms with Crippen LogP contribution in [0.3, 0.4) is 0 Å². The van der Waals surface area contributed by atoms with Gasteiger partial charge in [-0.2, -0.15) is 5.10 Å². The molecule has 0 radical (unpaired) electrons. The molecule has 1 aromatic heterocycles. The quantitative estimate of drug-likeness (QED) is 0.361. The highest BCUT2D eigenvalue weighted by atomic mass is 16.4. The lowest BCUT2D eigenvalue weighted by Gasteiger charge is -2.43. The molecule has 1 saturated heterocycles. The molecular weight excluding hydrogens is 256 g/mol. The molecule has 110 valence electrons. The average molecular weight is 278 g/mol. The third kappa shape index (κ3) is 2.82. The number of hydrogen-bond donors (Lipinski definition) is 2. The molecule has 1 aromatic rings. The first-order valence-electron chi connectivity index (χ1n) is 6.73. The van der Waals surface area contributed by atoms with Gasteiger partial charge in [-0.1, -0.05) is 5.16 Å². The molecule has 0 aromatic carbocycles. The second-order valence-electron chi connectivity index (χ2n) is 5.55. The van der Waals surface area contributed by atoms with Gasteiger partial charge in [0.15, 0.2) is 11.7 Å². The Morgan fingerprint density at radius 3 is 2.40 bits per heavy atom. The fourth-order valence-corrected chi connectivity index (χ4v) is 2.34. The third-order valence-electron chi connectivity index (χ3n) is 3.91. The molecule has 1 aliphatic heterocycles. The van der Waals surface area contributed by atoms with Crippen LogP contribution in [-0.2, 0) is 0 Å². The van der Waals surface area contributed by atoms with Crippen LogP contribution in [0, 0.1) is 6.92 Å². The van der Waals surface area contributed by atoms with Gasteiger partial charge in [0, 0.05) is 26.2 Å². The summed E-state index contributed by atoms with van der Waals surface area (Å²) in [5.74, 6) is 1.14. The third-order valence-corrected chi connectivity index (χ3v) is 3.91. The number of nitrogens with zero attached hydrogens (tertiary/aromatic N) is 5. The van der Waals surface area contributed by atoms with Gasteiger partial charge in [-0.05, 0) is 32.9 Å². The van der Waals surface area contributed by atoms with E-state index in [1.54, 1.807) is 0 Å². The number of nitrogens with two attached hydrogens (primary N) is 1. The summed E-state index contributed by atoms with van der Waals surface area (Å²) in [6, 6.07) is 3.96. The van der Waals surface area contributed by atoms with Gasteiger partial charge in [0.25, 0.3) is 0 Å². The molecule has 20 heavy (non-hydrogen) atoms. The maximum Gasteiger partial charge on any atom is 0.159 e. The maximum absolute atomic E-state index is 8.86. The van der Waals surface area contributed by atoms with Gasteiger partial charge in [-0.15, -0.1) is 5.10 Å². The van der Waals surface area contributed by atoms with E-state index in [4.69, 9.17) is 10.9 Å². The van der Waals surface area contributed by atoms with Crippen molar-refractivity contribution in [3.8, 4) is 0 Å². The van der Waals surface area contributed by atoms with Crippen LogP contribution in [0.5, 0.6) is 0 Å². The number of piperazine rings is 1. The molecule has 1 fully saturated rings. The fraction of sp³-hybridized carbons (Fsp3) is 0.615. The first kappa shape index (κ1) is 14.5. The van der Waals surface area contributed by atoms with Gasteiger partial charge in [0.2, 0.25) is 0 Å². The second kappa shape index (κ2) is 5.62. The molecule has 2 rings (SSSR count). The lowest BCUT2D eigenvalue weighted by molar-refractivity contribution is 0.161. The minimum absolute atomic E-state index is 0.237. The standard InChI is InChI=1S/C13H22N6O/c1-10-4-5-11(16-15-10)18-6-8-19(9-7-18)13(2,3)12(14)17-20/h4-5,20H,6-9H2,1-3H3,(H2,14,17). The lowest BCUT2D eigenvalue weighted by atomic mass is 10.0. The number of oxime groups is 1. The summed E-state index contributed by atoms with van der Waals surface area (Å²) >= 11 is 0. The van der Waals surface area contributed by atoms with Crippen molar-refractivity contribution in [3.63, 3.8) is 0 Å². The summed E-state index contributed by atoms with van der Waals surface area (Å²) in [7, 11) is 0. The van der Waals surface area contributed by atoms with Crippen molar-refractivity contribution in [2.75, 3.05) is 31.1 Å². The topological polar surface area (TPSA) is 90.9 Å². The molecular formula is C13H22N6O. The molecule has 1 aliphatic rings. The number of aromatic nitrogens is 2. The number of amidine groups is 1. The van der Waals surface area contributed by atoms with Crippen molar-refractivity contribution in [3.05, 3.63) is 17.8 Å². The molecule has 2 heterocycles. The van der Waals surface area contributed by atoms with Crippen LogP contribution < -0.4 is 10.6 Å². The molecule has 0 saturated carbocycles. The zero-order valence-corrected chi connectivity index (χ0v) is 12.2. The van der Waals surface area contributed by atoms with E-state index in [2.05, 4.69) is 25.2 Å². The van der Waals surface area contributed by atoms with Gasteiger partial charge in [0.1, 0.15) is 0 Å². The highest BCUT2D eigenvalue weighted by Crippen LogP contribution is 2.19. The second-order valence-corrected chi connectivity index (χ2v) is 5.55. The highest BCUT2D eigenvalue weighted by molar-refractivity contribution is 5.88. The molecule has 0 unspecified atom stereocenters. The maximum atomic E-state index is 8.86. The van der Waals surface area contributed by atoms with Crippen molar-refractivity contribution in [2.45, 2.75) is 26.3 Å². The molecule has 0 amide bonds. The van der Waals surface area contributed by atoms with Gasteiger partial charge >= 0.3 is 0 Å². The average Bonchev–Trinajstić information content (AvgIpc) is 2.47. The van der Waals surface area contributed by atoms with Crippen molar-refractivity contribution in [2.24, 2.45) is 10.9 Å². The fourth-order valence-electron chi connectivity index (χ4n) is 2.34. The zero-order valence-electron chi connectivity index (χ0n) is 12.2. The number of anilines is 1. The first-order chi connectivity index (χ1) is 9.45. The SMILES string of the molecule is Cc1ccc(N2CCN(C(C)(C)C(N)=NO)CC2)nn1. The van der Waals surface area contributed by atoms with Gasteiger partial charge in [-0.3, -0.25) is 4.90 Å². The van der Waals surface area contributed by atoms with Gasteiger partial charge in [0.05, 0.1) is 11.2 Å².